The molecule has 0 radical (unpaired) electrons. The highest BCUT2D eigenvalue weighted by Crippen LogP contribution is 2.30. The Morgan fingerprint density at radius 2 is 2.00 bits per heavy atom. The molecule has 0 aliphatic heterocycles. The molecule has 8 heteroatoms. The minimum atomic E-state index is -4.86. The van der Waals surface area contributed by atoms with Crippen molar-refractivity contribution in [2.45, 2.75) is 19.8 Å². The van der Waals surface area contributed by atoms with E-state index in [2.05, 4.69) is 9.84 Å². The summed E-state index contributed by atoms with van der Waals surface area (Å²) in [7, 11) is 0. The van der Waals surface area contributed by atoms with E-state index in [0.717, 1.165) is 6.20 Å². The number of alkyl halides is 5. The predicted molar refractivity (Wildman–Crippen MR) is 34.9 cm³/mol. The van der Waals surface area contributed by atoms with E-state index >= 15 is 0 Å². The number of halogens is 5. The average molecular weight is 216 g/mol. The van der Waals surface area contributed by atoms with Crippen LogP contribution in [0.5, 0.6) is 5.88 Å². The largest absolute Gasteiger partial charge is 0.507 e. The monoisotopic (exact) mass is 216 g/mol. The zero-order chi connectivity index (χ0) is 10.9. The minimum Gasteiger partial charge on any atom is -0.417 e. The molecule has 0 aliphatic rings. The Hall–Kier alpha value is -1.34. The Morgan fingerprint density at radius 3 is 2.43 bits per heavy atom. The number of hydrogen-bond donors (Lipinski definition) is 0. The van der Waals surface area contributed by atoms with E-state index in [1.807, 2.05) is 0 Å². The number of nitrogens with zero attached hydrogens (tertiary/aromatic N) is 2. The number of rotatable bonds is 2. The summed E-state index contributed by atoms with van der Waals surface area (Å²) in [5.74, 6) is -0.993. The average Bonchev–Trinajstić information content (AvgIpc) is 2.30. The predicted octanol–water partition coefficient (Wildman–Crippen LogP) is 2.27. The van der Waals surface area contributed by atoms with Gasteiger partial charge in [-0.2, -0.15) is 13.9 Å². The summed E-state index contributed by atoms with van der Waals surface area (Å²) in [4.78, 5) is 0. The molecule has 3 nitrogen and oxygen atoms in total. The van der Waals surface area contributed by atoms with Gasteiger partial charge in [-0.25, -0.2) is 0 Å². The van der Waals surface area contributed by atoms with Gasteiger partial charge in [0, 0.05) is 5.56 Å². The van der Waals surface area contributed by atoms with Crippen molar-refractivity contribution >= 4 is 0 Å². The van der Waals surface area contributed by atoms with Crippen LogP contribution in [0.4, 0.5) is 22.0 Å². The van der Waals surface area contributed by atoms with Crippen LogP contribution in [0.2, 0.25) is 0 Å². The zero-order valence-corrected chi connectivity index (χ0v) is 6.85. The van der Waals surface area contributed by atoms with Crippen molar-refractivity contribution in [2.24, 2.45) is 0 Å². The number of aromatic nitrogens is 2. The third-order valence-electron chi connectivity index (χ3n) is 1.34. The Balaban J connectivity index is 3.06. The first-order valence-corrected chi connectivity index (χ1v) is 3.39. The summed E-state index contributed by atoms with van der Waals surface area (Å²) in [5, 5.41) is 2.87. The number of aryl methyl sites for hydroxylation is 1. The molecule has 0 aliphatic carbocycles. The van der Waals surface area contributed by atoms with Gasteiger partial charge in [-0.3, -0.25) is 0 Å². The fourth-order valence-corrected chi connectivity index (χ4v) is 0.827. The van der Waals surface area contributed by atoms with E-state index in [1.54, 1.807) is 0 Å². The summed E-state index contributed by atoms with van der Waals surface area (Å²) in [6.45, 7) is -2.13. The van der Waals surface area contributed by atoms with Crippen molar-refractivity contribution in [1.82, 2.24) is 9.78 Å². The molecule has 0 saturated carbocycles. The molecule has 1 aromatic rings. The molecular weight excluding hydrogens is 211 g/mol. The van der Waals surface area contributed by atoms with E-state index in [1.165, 1.54) is 6.92 Å². The molecule has 0 unspecified atom stereocenters. The lowest BCUT2D eigenvalue weighted by atomic mass is 10.4. The Bertz CT molecular complexity index is 319. The lowest BCUT2D eigenvalue weighted by molar-refractivity contribution is -0.218. The molecule has 0 saturated heterocycles. The maximum atomic E-state index is 12.1. The molecule has 0 spiro atoms. The van der Waals surface area contributed by atoms with Gasteiger partial charge in [0.2, 0.25) is 5.88 Å². The maximum absolute atomic E-state index is 12.1. The molecule has 0 bridgehead atoms. The summed E-state index contributed by atoms with van der Waals surface area (Å²) >= 11 is 0. The molecule has 1 aromatic heterocycles. The second-order valence-electron chi connectivity index (χ2n) is 2.39. The molecule has 0 N–H and O–H groups in total. The van der Waals surface area contributed by atoms with Gasteiger partial charge in [-0.15, -0.1) is 17.9 Å². The molecule has 0 fully saturated rings. The van der Waals surface area contributed by atoms with Crippen LogP contribution < -0.4 is 4.74 Å². The zero-order valence-electron chi connectivity index (χ0n) is 6.85. The van der Waals surface area contributed by atoms with Crippen LogP contribution in [-0.4, -0.2) is 16.4 Å². The van der Waals surface area contributed by atoms with E-state index < -0.39 is 23.5 Å². The topological polar surface area (TPSA) is 27.1 Å². The highest BCUT2D eigenvalue weighted by atomic mass is 19.4. The van der Waals surface area contributed by atoms with Gasteiger partial charge in [-0.1, -0.05) is 0 Å². The number of hydrogen-bond acceptors (Lipinski definition) is 2. The first-order valence-electron chi connectivity index (χ1n) is 3.39. The van der Waals surface area contributed by atoms with Gasteiger partial charge in [-0.05, 0) is 6.92 Å². The Kier molecular flexibility index (Phi) is 2.63. The summed E-state index contributed by atoms with van der Waals surface area (Å²) in [6, 6.07) is 0. The van der Waals surface area contributed by atoms with Crippen LogP contribution in [0.1, 0.15) is 5.56 Å². The van der Waals surface area contributed by atoms with Crippen molar-refractivity contribution in [1.29, 1.82) is 0 Å². The molecular formula is C6H5F5N2O. The van der Waals surface area contributed by atoms with E-state index in [-0.39, 0.29) is 5.56 Å². The van der Waals surface area contributed by atoms with Crippen LogP contribution in [0.15, 0.2) is 6.20 Å². The normalized spacial score (nSPS) is 12.2. The van der Waals surface area contributed by atoms with Crippen LogP contribution in [0, 0.1) is 6.92 Å². The van der Waals surface area contributed by atoms with Crippen LogP contribution >= 0.6 is 0 Å². The van der Waals surface area contributed by atoms with E-state index in [9.17, 15) is 22.0 Å². The van der Waals surface area contributed by atoms with E-state index in [4.69, 9.17) is 0 Å². The van der Waals surface area contributed by atoms with E-state index in [0.29, 0.717) is 0 Å². The second kappa shape index (κ2) is 3.43. The SMILES string of the molecule is Cc1cnn(C(F)(F)F)c1OC(F)F. The summed E-state index contributed by atoms with van der Waals surface area (Å²) in [6.07, 6.45) is -4.07. The molecule has 1 rings (SSSR count). The summed E-state index contributed by atoms with van der Waals surface area (Å²) < 4.78 is 62.8. The molecule has 0 aromatic carbocycles. The van der Waals surface area contributed by atoms with Crippen molar-refractivity contribution < 1.29 is 26.7 Å². The third kappa shape index (κ3) is 2.12. The summed E-state index contributed by atoms with van der Waals surface area (Å²) in [5.41, 5.74) is -0.109. The highest BCUT2D eigenvalue weighted by Gasteiger charge is 2.36. The van der Waals surface area contributed by atoms with Crippen molar-refractivity contribution in [3.63, 3.8) is 0 Å². The molecule has 14 heavy (non-hydrogen) atoms. The lowest BCUT2D eigenvalue weighted by Gasteiger charge is -2.11. The fourth-order valence-electron chi connectivity index (χ4n) is 0.827. The third-order valence-corrected chi connectivity index (χ3v) is 1.34. The molecule has 80 valence electrons. The Labute approximate surface area is 75.1 Å². The van der Waals surface area contributed by atoms with Crippen molar-refractivity contribution in [3.05, 3.63) is 11.8 Å². The van der Waals surface area contributed by atoms with Gasteiger partial charge in [0.05, 0.1) is 6.20 Å². The van der Waals surface area contributed by atoms with Gasteiger partial charge < -0.3 is 4.74 Å². The van der Waals surface area contributed by atoms with Gasteiger partial charge in [0.15, 0.2) is 0 Å². The van der Waals surface area contributed by atoms with Crippen molar-refractivity contribution in [2.75, 3.05) is 0 Å². The van der Waals surface area contributed by atoms with Gasteiger partial charge >= 0.3 is 12.9 Å². The molecule has 0 atom stereocenters. The maximum Gasteiger partial charge on any atom is 0.507 e. The van der Waals surface area contributed by atoms with Crippen LogP contribution in [0.3, 0.4) is 0 Å². The molecule has 0 amide bonds. The van der Waals surface area contributed by atoms with Gasteiger partial charge in [0.1, 0.15) is 0 Å². The minimum absolute atomic E-state index is 0.109. The van der Waals surface area contributed by atoms with Gasteiger partial charge in [0.25, 0.3) is 0 Å². The van der Waals surface area contributed by atoms with Crippen molar-refractivity contribution in [3.8, 4) is 5.88 Å². The van der Waals surface area contributed by atoms with Crippen LogP contribution in [0.25, 0.3) is 0 Å². The molecule has 1 heterocycles. The first-order chi connectivity index (χ1) is 6.32. The smallest absolute Gasteiger partial charge is 0.417 e. The Morgan fingerprint density at radius 1 is 1.43 bits per heavy atom. The lowest BCUT2D eigenvalue weighted by Crippen LogP contribution is -2.21. The second-order valence-corrected chi connectivity index (χ2v) is 2.39. The fraction of sp³-hybridized carbons (Fsp3) is 0.500. The van der Waals surface area contributed by atoms with Crippen LogP contribution in [-0.2, 0) is 6.30 Å². The highest BCUT2D eigenvalue weighted by molar-refractivity contribution is 5.22. The first kappa shape index (κ1) is 10.7. The quantitative estimate of drug-likeness (QED) is 0.709. The number of ether oxygens (including phenoxy) is 1. The standard InChI is InChI=1S/C6H5F5N2O/c1-3-2-12-13(6(9,10)11)4(3)14-5(7)8/h2,5H,1H3.